The van der Waals surface area contributed by atoms with Crippen molar-refractivity contribution in [1.29, 1.82) is 0 Å². The molecule has 114 valence electrons. The molecule has 1 unspecified atom stereocenters. The van der Waals surface area contributed by atoms with Crippen LogP contribution in [0.3, 0.4) is 0 Å². The molecule has 2 aromatic rings. The third-order valence-corrected chi connectivity index (χ3v) is 4.56. The van der Waals surface area contributed by atoms with Gasteiger partial charge in [0.15, 0.2) is 5.65 Å². The van der Waals surface area contributed by atoms with E-state index < -0.39 is 0 Å². The number of nitrogens with one attached hydrogen (secondary N) is 1. The molecule has 1 aliphatic heterocycles. The average molecular weight is 352 g/mol. The summed E-state index contributed by atoms with van der Waals surface area (Å²) in [5, 5.41) is 7.80. The molecule has 0 aromatic carbocycles. The minimum atomic E-state index is 0.596. The van der Waals surface area contributed by atoms with Gasteiger partial charge in [-0.15, -0.1) is 5.10 Å². The summed E-state index contributed by atoms with van der Waals surface area (Å²) in [6, 6.07) is 3.93. The van der Waals surface area contributed by atoms with Crippen molar-refractivity contribution in [2.45, 2.75) is 26.2 Å². The lowest BCUT2D eigenvalue weighted by Crippen LogP contribution is -2.35. The van der Waals surface area contributed by atoms with Gasteiger partial charge in [0, 0.05) is 19.3 Å². The predicted molar refractivity (Wildman–Crippen MR) is 88.6 cm³/mol. The lowest BCUT2D eigenvalue weighted by atomic mass is 10.1. The number of rotatable bonds is 5. The first-order valence-corrected chi connectivity index (χ1v) is 8.49. The summed E-state index contributed by atoms with van der Waals surface area (Å²) in [6.45, 7) is 6.86. The van der Waals surface area contributed by atoms with Gasteiger partial charge in [0.05, 0.1) is 4.47 Å². The van der Waals surface area contributed by atoms with Crippen molar-refractivity contribution in [1.82, 2.24) is 19.5 Å². The standard InChI is InChI=1S/C15H22BrN5/c1-12(11-20-7-3-2-4-8-20)10-17-15-18-14-13(16)6-5-9-21(14)19-15/h5-6,9,12H,2-4,7-8,10-11H2,1H3,(H,17,19). The van der Waals surface area contributed by atoms with E-state index in [0.29, 0.717) is 11.9 Å². The van der Waals surface area contributed by atoms with Crippen LogP contribution in [0.5, 0.6) is 0 Å². The molecule has 6 heteroatoms. The number of anilines is 1. The van der Waals surface area contributed by atoms with Gasteiger partial charge in [-0.05, 0) is 59.9 Å². The van der Waals surface area contributed by atoms with Crippen LogP contribution in [0.25, 0.3) is 5.65 Å². The first kappa shape index (κ1) is 14.8. The number of hydrogen-bond donors (Lipinski definition) is 1. The molecule has 3 rings (SSSR count). The van der Waals surface area contributed by atoms with Crippen LogP contribution in [0.15, 0.2) is 22.8 Å². The molecule has 0 saturated carbocycles. The van der Waals surface area contributed by atoms with Crippen LogP contribution >= 0.6 is 15.9 Å². The van der Waals surface area contributed by atoms with E-state index in [0.717, 1.165) is 23.2 Å². The fourth-order valence-corrected chi connectivity index (χ4v) is 3.28. The largest absolute Gasteiger partial charge is 0.353 e. The Kier molecular flexibility index (Phi) is 4.75. The van der Waals surface area contributed by atoms with Crippen molar-refractivity contribution in [3.63, 3.8) is 0 Å². The van der Waals surface area contributed by atoms with Gasteiger partial charge in [-0.1, -0.05) is 13.3 Å². The third-order valence-electron chi connectivity index (χ3n) is 3.94. The molecule has 0 radical (unpaired) electrons. The van der Waals surface area contributed by atoms with Crippen LogP contribution in [0.4, 0.5) is 5.95 Å². The van der Waals surface area contributed by atoms with Crippen molar-refractivity contribution in [2.75, 3.05) is 31.5 Å². The van der Waals surface area contributed by atoms with Crippen LogP contribution in [0.1, 0.15) is 26.2 Å². The number of pyridine rings is 1. The van der Waals surface area contributed by atoms with Gasteiger partial charge < -0.3 is 10.2 Å². The van der Waals surface area contributed by atoms with E-state index in [2.05, 4.69) is 43.2 Å². The number of aromatic nitrogens is 3. The molecule has 1 aliphatic rings. The van der Waals surface area contributed by atoms with Crippen molar-refractivity contribution in [3.05, 3.63) is 22.8 Å². The van der Waals surface area contributed by atoms with E-state index in [1.165, 1.54) is 32.4 Å². The summed E-state index contributed by atoms with van der Waals surface area (Å²) < 4.78 is 2.76. The fourth-order valence-electron chi connectivity index (χ4n) is 2.86. The van der Waals surface area contributed by atoms with Gasteiger partial charge in [0.25, 0.3) is 0 Å². The minimum Gasteiger partial charge on any atom is -0.353 e. The second kappa shape index (κ2) is 6.75. The zero-order valence-electron chi connectivity index (χ0n) is 12.4. The molecule has 21 heavy (non-hydrogen) atoms. The van der Waals surface area contributed by atoms with Gasteiger partial charge in [-0.3, -0.25) is 0 Å². The van der Waals surface area contributed by atoms with Crippen molar-refractivity contribution < 1.29 is 0 Å². The van der Waals surface area contributed by atoms with E-state index in [4.69, 9.17) is 0 Å². The van der Waals surface area contributed by atoms with E-state index in [9.17, 15) is 0 Å². The lowest BCUT2D eigenvalue weighted by molar-refractivity contribution is 0.204. The number of piperidine rings is 1. The molecule has 1 fully saturated rings. The normalized spacial score (nSPS) is 18.0. The van der Waals surface area contributed by atoms with Gasteiger partial charge >= 0.3 is 0 Å². The van der Waals surface area contributed by atoms with Crippen LogP contribution in [0.2, 0.25) is 0 Å². The quantitative estimate of drug-likeness (QED) is 0.899. The summed E-state index contributed by atoms with van der Waals surface area (Å²) in [7, 11) is 0. The SMILES string of the molecule is CC(CNc1nc2c(Br)cccn2n1)CN1CCCCC1. The first-order valence-electron chi connectivity index (χ1n) is 7.69. The predicted octanol–water partition coefficient (Wildman–Crippen LogP) is 3.03. The lowest BCUT2D eigenvalue weighted by Gasteiger charge is -2.29. The Labute approximate surface area is 133 Å². The maximum atomic E-state index is 4.51. The topological polar surface area (TPSA) is 45.5 Å². The molecule has 5 nitrogen and oxygen atoms in total. The highest BCUT2D eigenvalue weighted by Crippen LogP contribution is 2.17. The van der Waals surface area contributed by atoms with Crippen LogP contribution in [0, 0.1) is 5.92 Å². The summed E-state index contributed by atoms with van der Waals surface area (Å²) in [5.41, 5.74) is 0.851. The summed E-state index contributed by atoms with van der Waals surface area (Å²) in [5.74, 6) is 1.30. The Balaban J connectivity index is 1.54. The van der Waals surface area contributed by atoms with Gasteiger partial charge in [0.1, 0.15) is 0 Å². The van der Waals surface area contributed by atoms with Crippen molar-refractivity contribution >= 4 is 27.5 Å². The molecule has 0 spiro atoms. The molecule has 0 bridgehead atoms. The monoisotopic (exact) mass is 351 g/mol. The maximum Gasteiger partial charge on any atom is 0.243 e. The Morgan fingerprint density at radius 2 is 2.14 bits per heavy atom. The molecule has 0 aliphatic carbocycles. The molecule has 1 N–H and O–H groups in total. The van der Waals surface area contributed by atoms with Gasteiger partial charge in [-0.25, -0.2) is 4.52 Å². The van der Waals surface area contributed by atoms with Crippen molar-refractivity contribution in [3.8, 4) is 0 Å². The molecule has 2 aromatic heterocycles. The molecule has 3 heterocycles. The minimum absolute atomic E-state index is 0.596. The highest BCUT2D eigenvalue weighted by atomic mass is 79.9. The highest BCUT2D eigenvalue weighted by molar-refractivity contribution is 9.10. The molecule has 1 atom stereocenters. The fraction of sp³-hybridized carbons (Fsp3) is 0.600. The number of halogens is 1. The Morgan fingerprint density at radius 3 is 2.90 bits per heavy atom. The Hall–Kier alpha value is -1.14. The summed E-state index contributed by atoms with van der Waals surface area (Å²) in [6.07, 6.45) is 6.00. The summed E-state index contributed by atoms with van der Waals surface area (Å²) in [4.78, 5) is 7.08. The van der Waals surface area contributed by atoms with Crippen LogP contribution in [-0.2, 0) is 0 Å². The number of hydrogen-bond acceptors (Lipinski definition) is 4. The molecular weight excluding hydrogens is 330 g/mol. The Bertz CT molecular complexity index is 591. The van der Waals surface area contributed by atoms with Crippen LogP contribution < -0.4 is 5.32 Å². The van der Waals surface area contributed by atoms with Gasteiger partial charge in [-0.2, -0.15) is 4.98 Å². The van der Waals surface area contributed by atoms with Gasteiger partial charge in [0.2, 0.25) is 5.95 Å². The van der Waals surface area contributed by atoms with Crippen molar-refractivity contribution in [2.24, 2.45) is 5.92 Å². The zero-order chi connectivity index (χ0) is 14.7. The maximum absolute atomic E-state index is 4.51. The van der Waals surface area contributed by atoms with E-state index in [1.54, 1.807) is 4.52 Å². The first-order chi connectivity index (χ1) is 10.2. The zero-order valence-corrected chi connectivity index (χ0v) is 14.0. The second-order valence-corrected chi connectivity index (χ2v) is 6.76. The van der Waals surface area contributed by atoms with E-state index in [-0.39, 0.29) is 0 Å². The molecule has 0 amide bonds. The molecular formula is C15H22BrN5. The Morgan fingerprint density at radius 1 is 1.33 bits per heavy atom. The third kappa shape index (κ3) is 3.74. The number of fused-ring (bicyclic) bond motifs is 1. The van der Waals surface area contributed by atoms with E-state index in [1.807, 2.05) is 18.3 Å². The molecule has 1 saturated heterocycles. The summed E-state index contributed by atoms with van der Waals surface area (Å²) >= 11 is 3.50. The van der Waals surface area contributed by atoms with E-state index >= 15 is 0 Å². The highest BCUT2D eigenvalue weighted by Gasteiger charge is 2.14. The average Bonchev–Trinajstić information content (AvgIpc) is 2.91. The smallest absolute Gasteiger partial charge is 0.243 e. The number of nitrogens with zero attached hydrogens (tertiary/aromatic N) is 4. The van der Waals surface area contributed by atoms with Crippen LogP contribution in [-0.4, -0.2) is 45.7 Å². The second-order valence-electron chi connectivity index (χ2n) is 5.91. The number of likely N-dealkylation sites (tertiary alicyclic amines) is 1.